The van der Waals surface area contributed by atoms with E-state index in [0.29, 0.717) is 12.5 Å². The van der Waals surface area contributed by atoms with Crippen LogP contribution in [0.3, 0.4) is 0 Å². The van der Waals surface area contributed by atoms with Gasteiger partial charge in [-0.3, -0.25) is 4.79 Å². The smallest absolute Gasteiger partial charge is 0.237 e. The van der Waals surface area contributed by atoms with Crippen molar-refractivity contribution in [3.8, 4) is 6.07 Å². The topological polar surface area (TPSA) is 64.9 Å². The van der Waals surface area contributed by atoms with Gasteiger partial charge in [-0.05, 0) is 38.5 Å². The van der Waals surface area contributed by atoms with Crippen LogP contribution in [0.4, 0.5) is 0 Å². The third kappa shape index (κ3) is 3.23. The van der Waals surface area contributed by atoms with Crippen molar-refractivity contribution in [3.63, 3.8) is 0 Å². The first-order valence-electron chi connectivity index (χ1n) is 7.14. The molecule has 4 atom stereocenters. The van der Waals surface area contributed by atoms with E-state index < -0.39 is 0 Å². The maximum atomic E-state index is 12.1. The lowest BCUT2D eigenvalue weighted by atomic mass is 9.77. The van der Waals surface area contributed by atoms with E-state index in [2.05, 4.69) is 16.7 Å². The third-order valence-corrected chi connectivity index (χ3v) is 4.25. The molecule has 100 valence electrons. The highest BCUT2D eigenvalue weighted by Gasteiger charge is 2.34. The Morgan fingerprint density at radius 1 is 1.39 bits per heavy atom. The number of nitrogens with one attached hydrogen (secondary N) is 2. The Hall–Kier alpha value is -1.08. The van der Waals surface area contributed by atoms with Crippen LogP contribution in [0.15, 0.2) is 0 Å². The highest BCUT2D eigenvalue weighted by atomic mass is 16.2. The van der Waals surface area contributed by atoms with Gasteiger partial charge in [-0.2, -0.15) is 5.26 Å². The fourth-order valence-electron chi connectivity index (χ4n) is 3.23. The molecule has 1 amide bonds. The molecule has 4 nitrogen and oxygen atoms in total. The van der Waals surface area contributed by atoms with Crippen LogP contribution in [0.5, 0.6) is 0 Å². The van der Waals surface area contributed by atoms with Gasteiger partial charge in [0.25, 0.3) is 0 Å². The molecule has 1 heterocycles. The van der Waals surface area contributed by atoms with Crippen molar-refractivity contribution in [1.29, 1.82) is 5.26 Å². The zero-order valence-electron chi connectivity index (χ0n) is 11.1. The second-order valence-corrected chi connectivity index (χ2v) is 5.72. The Balaban J connectivity index is 1.83. The maximum Gasteiger partial charge on any atom is 0.237 e. The summed E-state index contributed by atoms with van der Waals surface area (Å²) in [6.07, 6.45) is 7.64. The zero-order valence-corrected chi connectivity index (χ0v) is 11.1. The summed E-state index contributed by atoms with van der Waals surface area (Å²) in [4.78, 5) is 12.1. The minimum absolute atomic E-state index is 0.0478. The van der Waals surface area contributed by atoms with Crippen molar-refractivity contribution >= 4 is 5.91 Å². The largest absolute Gasteiger partial charge is 0.351 e. The number of nitriles is 1. The third-order valence-electron chi connectivity index (χ3n) is 4.25. The number of amides is 1. The van der Waals surface area contributed by atoms with Gasteiger partial charge in [0, 0.05) is 12.1 Å². The van der Waals surface area contributed by atoms with Gasteiger partial charge < -0.3 is 10.6 Å². The monoisotopic (exact) mass is 249 g/mol. The minimum atomic E-state index is -0.0505. The Labute approximate surface area is 109 Å². The van der Waals surface area contributed by atoms with Crippen LogP contribution >= 0.6 is 0 Å². The molecule has 1 saturated heterocycles. The van der Waals surface area contributed by atoms with E-state index in [1.54, 1.807) is 0 Å². The number of hydrogen-bond donors (Lipinski definition) is 2. The molecule has 18 heavy (non-hydrogen) atoms. The number of nitrogens with zero attached hydrogens (tertiary/aromatic N) is 1. The summed E-state index contributed by atoms with van der Waals surface area (Å²) >= 11 is 0. The lowest BCUT2D eigenvalue weighted by Gasteiger charge is -2.40. The lowest BCUT2D eigenvalue weighted by Crippen LogP contribution is -2.55. The summed E-state index contributed by atoms with van der Waals surface area (Å²) in [6.45, 7) is 1.88. The molecule has 0 aromatic rings. The quantitative estimate of drug-likeness (QED) is 0.800. The zero-order chi connectivity index (χ0) is 13.0. The second-order valence-electron chi connectivity index (χ2n) is 5.72. The van der Waals surface area contributed by atoms with Gasteiger partial charge in [0.05, 0.1) is 18.5 Å². The molecular formula is C14H23N3O. The number of piperidine rings is 1. The lowest BCUT2D eigenvalue weighted by molar-refractivity contribution is -0.125. The fraction of sp³-hybridized carbons (Fsp3) is 0.857. The summed E-state index contributed by atoms with van der Waals surface area (Å²) in [7, 11) is 0. The van der Waals surface area contributed by atoms with Crippen LogP contribution in [-0.2, 0) is 4.79 Å². The van der Waals surface area contributed by atoms with Gasteiger partial charge in [0.2, 0.25) is 5.91 Å². The van der Waals surface area contributed by atoms with E-state index in [9.17, 15) is 4.79 Å². The van der Waals surface area contributed by atoms with Crippen molar-refractivity contribution in [2.75, 3.05) is 0 Å². The van der Waals surface area contributed by atoms with Crippen molar-refractivity contribution in [2.45, 2.75) is 70.0 Å². The van der Waals surface area contributed by atoms with Gasteiger partial charge in [0.15, 0.2) is 0 Å². The molecule has 0 aromatic heterocycles. The number of hydrogen-bond acceptors (Lipinski definition) is 3. The van der Waals surface area contributed by atoms with Gasteiger partial charge in [-0.25, -0.2) is 0 Å². The van der Waals surface area contributed by atoms with E-state index in [-0.39, 0.29) is 18.0 Å². The second kappa shape index (κ2) is 6.19. The average molecular weight is 249 g/mol. The van der Waals surface area contributed by atoms with E-state index >= 15 is 0 Å². The predicted molar refractivity (Wildman–Crippen MR) is 69.7 cm³/mol. The average Bonchev–Trinajstić information content (AvgIpc) is 2.38. The summed E-state index contributed by atoms with van der Waals surface area (Å²) in [6, 6.07) is 2.52. The van der Waals surface area contributed by atoms with Crippen LogP contribution in [0.25, 0.3) is 0 Å². The number of fused-ring (bicyclic) bond motifs is 1. The molecule has 4 unspecified atom stereocenters. The predicted octanol–water partition coefficient (Wildman–Crippen LogP) is 1.72. The van der Waals surface area contributed by atoms with Crippen LogP contribution in [0.1, 0.15) is 51.9 Å². The highest BCUT2D eigenvalue weighted by Crippen LogP contribution is 2.32. The maximum absolute atomic E-state index is 12.1. The standard InChI is InChI=1S/C14H23N3O/c1-10(8-9-15)16-14(18)13-7-6-11-4-2-3-5-12(11)17-13/h10-13,17H,2-8H2,1H3,(H,16,18). The number of rotatable bonds is 3. The Kier molecular flexibility index (Phi) is 4.60. The van der Waals surface area contributed by atoms with E-state index in [4.69, 9.17) is 5.26 Å². The van der Waals surface area contributed by atoms with Crippen LogP contribution in [0.2, 0.25) is 0 Å². The Morgan fingerprint density at radius 3 is 2.94 bits per heavy atom. The summed E-state index contributed by atoms with van der Waals surface area (Å²) < 4.78 is 0. The van der Waals surface area contributed by atoms with Crippen LogP contribution in [-0.4, -0.2) is 24.0 Å². The molecule has 0 bridgehead atoms. The van der Waals surface area contributed by atoms with Gasteiger partial charge in [-0.15, -0.1) is 0 Å². The molecule has 0 radical (unpaired) electrons. The van der Waals surface area contributed by atoms with Gasteiger partial charge >= 0.3 is 0 Å². The normalized spacial score (nSPS) is 33.0. The van der Waals surface area contributed by atoms with Crippen molar-refractivity contribution < 1.29 is 4.79 Å². The Bertz CT molecular complexity index is 336. The van der Waals surface area contributed by atoms with Gasteiger partial charge in [0.1, 0.15) is 0 Å². The summed E-state index contributed by atoms with van der Waals surface area (Å²) in [5.41, 5.74) is 0. The molecule has 1 saturated carbocycles. The minimum Gasteiger partial charge on any atom is -0.351 e. The highest BCUT2D eigenvalue weighted by molar-refractivity contribution is 5.82. The van der Waals surface area contributed by atoms with Crippen molar-refractivity contribution in [3.05, 3.63) is 0 Å². The molecule has 4 heteroatoms. The van der Waals surface area contributed by atoms with Crippen LogP contribution < -0.4 is 10.6 Å². The van der Waals surface area contributed by atoms with Crippen molar-refractivity contribution in [2.24, 2.45) is 5.92 Å². The van der Waals surface area contributed by atoms with Crippen LogP contribution in [0, 0.1) is 17.2 Å². The molecule has 2 aliphatic rings. The number of carbonyl (C=O) groups excluding carboxylic acids is 1. The van der Waals surface area contributed by atoms with Gasteiger partial charge in [-0.1, -0.05) is 12.8 Å². The molecule has 0 aromatic carbocycles. The molecule has 2 rings (SSSR count). The first-order valence-corrected chi connectivity index (χ1v) is 7.14. The number of carbonyl (C=O) groups is 1. The molecule has 0 spiro atoms. The summed E-state index contributed by atoms with van der Waals surface area (Å²) in [5.74, 6) is 0.848. The first kappa shape index (κ1) is 13.4. The van der Waals surface area contributed by atoms with Crippen molar-refractivity contribution in [1.82, 2.24) is 10.6 Å². The first-order chi connectivity index (χ1) is 8.70. The van der Waals surface area contributed by atoms with E-state index in [0.717, 1.165) is 12.3 Å². The van der Waals surface area contributed by atoms with E-state index in [1.165, 1.54) is 32.1 Å². The molecule has 1 aliphatic heterocycles. The molecule has 2 fully saturated rings. The SMILES string of the molecule is CC(CC#N)NC(=O)C1CCC2CCCCC2N1. The molecule has 2 N–H and O–H groups in total. The fourth-order valence-corrected chi connectivity index (χ4v) is 3.23. The molecular weight excluding hydrogens is 226 g/mol. The summed E-state index contributed by atoms with van der Waals surface area (Å²) in [5, 5.41) is 15.0. The van der Waals surface area contributed by atoms with E-state index in [1.807, 2.05) is 6.92 Å². The molecule has 1 aliphatic carbocycles. The Morgan fingerprint density at radius 2 is 2.17 bits per heavy atom.